The molecule has 0 saturated heterocycles. The van der Waals surface area contributed by atoms with Crippen molar-refractivity contribution in [3.8, 4) is 34.3 Å². The summed E-state index contributed by atoms with van der Waals surface area (Å²) in [6.07, 6.45) is 3.72. The minimum absolute atomic E-state index is 0. The zero-order valence-electron chi connectivity index (χ0n) is 30.2. The normalized spacial score (nSPS) is 11.3. The van der Waals surface area contributed by atoms with Gasteiger partial charge < -0.3 is 19.0 Å². The summed E-state index contributed by atoms with van der Waals surface area (Å²) >= 11 is 0. The van der Waals surface area contributed by atoms with Crippen molar-refractivity contribution < 1.29 is 24.5 Å². The van der Waals surface area contributed by atoms with Gasteiger partial charge in [0.2, 0.25) is 0 Å². The van der Waals surface area contributed by atoms with Gasteiger partial charge in [0, 0.05) is 48.7 Å². The number of hydrogen-bond acceptors (Lipinski definition) is 4. The number of aromatic nitrogens is 3. The number of fused-ring (bicyclic) bond motifs is 6. The summed E-state index contributed by atoms with van der Waals surface area (Å²) in [6, 6.07) is 47.6. The number of nitrogens with zero attached hydrogens (tertiary/aromatic N) is 4. The van der Waals surface area contributed by atoms with E-state index in [9.17, 15) is 5.26 Å². The second kappa shape index (κ2) is 14.3. The van der Waals surface area contributed by atoms with Crippen molar-refractivity contribution in [1.29, 1.82) is 5.26 Å². The smallest absolute Gasteiger partial charge is 0.146 e. The van der Waals surface area contributed by atoms with Gasteiger partial charge in [-0.3, -0.25) is 0 Å². The fourth-order valence-corrected chi connectivity index (χ4v) is 6.85. The van der Waals surface area contributed by atoms with E-state index in [-0.39, 0.29) is 25.5 Å². The first-order chi connectivity index (χ1) is 25.2. The fourth-order valence-electron chi connectivity index (χ4n) is 6.85. The van der Waals surface area contributed by atoms with Crippen LogP contribution in [0.5, 0.6) is 0 Å². The monoisotopic (exact) mass is 865 g/mol. The molecule has 0 bridgehead atoms. The molecule has 5 nitrogen and oxygen atoms in total. The Morgan fingerprint density at radius 2 is 1.40 bits per heavy atom. The van der Waals surface area contributed by atoms with Crippen LogP contribution in [-0.4, -0.2) is 14.5 Å². The summed E-state index contributed by atoms with van der Waals surface area (Å²) in [5.74, 6) is 0. The first-order valence-corrected chi connectivity index (χ1v) is 17.4. The van der Waals surface area contributed by atoms with Crippen LogP contribution < -0.4 is 0 Å². The molecule has 0 fully saturated rings. The first-order valence-electron chi connectivity index (χ1n) is 17.4. The first kappa shape index (κ1) is 35.5. The van der Waals surface area contributed by atoms with E-state index < -0.39 is 0 Å². The predicted molar refractivity (Wildman–Crippen MR) is 212 cm³/mol. The number of rotatable bonds is 3. The Kier molecular flexibility index (Phi) is 9.57. The molecule has 0 unspecified atom stereocenters. The van der Waals surface area contributed by atoms with Gasteiger partial charge in [0.1, 0.15) is 17.3 Å². The molecule has 0 aliphatic heterocycles. The van der Waals surface area contributed by atoms with E-state index in [1.54, 1.807) is 6.20 Å². The SMILES string of the molecule is CC(C)(C)c1ccc(-c2[c-]cccc2)nc1.Cc1ccc2c(c1)c1cc(C)ccc1n2-c1c(C#N)ccc2c1oc1c(-c3ccccn3)[c-]ccc12.[Ir]. The molecular formula is C47H36IrN4O-2. The second-order valence-corrected chi connectivity index (χ2v) is 14.2. The van der Waals surface area contributed by atoms with E-state index >= 15 is 0 Å². The van der Waals surface area contributed by atoms with Gasteiger partial charge in [0.15, 0.2) is 0 Å². The van der Waals surface area contributed by atoms with Crippen LogP contribution in [0.1, 0.15) is 43.0 Å². The van der Waals surface area contributed by atoms with Crippen molar-refractivity contribution in [3.05, 3.63) is 162 Å². The topological polar surface area (TPSA) is 67.6 Å². The summed E-state index contributed by atoms with van der Waals surface area (Å²) in [5.41, 5.74) is 12.2. The molecule has 4 heterocycles. The number of aryl methyl sites for hydroxylation is 2. The van der Waals surface area contributed by atoms with Crippen molar-refractivity contribution in [2.75, 3.05) is 0 Å². The zero-order chi connectivity index (χ0) is 36.0. The number of pyridine rings is 2. The largest absolute Gasteiger partial charge is 0.498 e. The molecule has 0 aliphatic carbocycles. The third-order valence-corrected chi connectivity index (χ3v) is 9.53. The molecule has 5 aromatic carbocycles. The standard InChI is InChI=1S/C32H20N3O.C15H16N.Ir/c1-19-9-13-28-25(16-19)26-17-20(2)10-14-29(26)35(28)30-21(18-33)11-12-23-22-6-5-7-24(31(22)36-32(23)30)27-8-3-4-15-34-27;1-15(2,3)13-9-10-14(16-11-13)12-7-5-4-6-8-12;/h3-6,8-17H,1-2H3;4-7,9-11H,1-3H3;/q2*-1;. The number of nitriles is 1. The van der Waals surface area contributed by atoms with Gasteiger partial charge in [-0.05, 0) is 72.6 Å². The van der Waals surface area contributed by atoms with Gasteiger partial charge in [-0.15, -0.1) is 54.1 Å². The fraction of sp³-hybridized carbons (Fsp3) is 0.128. The molecule has 0 atom stereocenters. The Labute approximate surface area is 322 Å². The minimum Gasteiger partial charge on any atom is -0.498 e. The van der Waals surface area contributed by atoms with E-state index in [0.717, 1.165) is 66.4 Å². The van der Waals surface area contributed by atoms with E-state index in [0.29, 0.717) is 11.1 Å². The molecule has 1 radical (unpaired) electrons. The molecule has 6 heteroatoms. The van der Waals surface area contributed by atoms with E-state index in [1.165, 1.54) is 16.7 Å². The van der Waals surface area contributed by atoms with Crippen molar-refractivity contribution in [1.82, 2.24) is 14.5 Å². The summed E-state index contributed by atoms with van der Waals surface area (Å²) < 4.78 is 8.82. The molecule has 53 heavy (non-hydrogen) atoms. The van der Waals surface area contributed by atoms with Crippen molar-refractivity contribution >= 4 is 43.7 Å². The van der Waals surface area contributed by atoms with Crippen LogP contribution in [0.25, 0.3) is 71.9 Å². The summed E-state index contributed by atoms with van der Waals surface area (Å²) in [5, 5.41) is 14.4. The molecule has 4 aromatic heterocycles. The minimum atomic E-state index is 0. The summed E-state index contributed by atoms with van der Waals surface area (Å²) in [6.45, 7) is 10.8. The van der Waals surface area contributed by atoms with E-state index in [1.807, 2.05) is 72.9 Å². The molecule has 9 rings (SSSR count). The molecule has 261 valence electrons. The van der Waals surface area contributed by atoms with Crippen LogP contribution in [0, 0.1) is 37.3 Å². The molecule has 0 spiro atoms. The maximum absolute atomic E-state index is 10.2. The Morgan fingerprint density at radius 3 is 2.00 bits per heavy atom. The van der Waals surface area contributed by atoms with Crippen LogP contribution in [0.4, 0.5) is 0 Å². The average molecular weight is 865 g/mol. The Bertz CT molecular complexity index is 2730. The number of hydrogen-bond donors (Lipinski definition) is 0. The molecule has 9 aromatic rings. The van der Waals surface area contributed by atoms with Gasteiger partial charge in [-0.25, -0.2) is 0 Å². The Balaban J connectivity index is 0.000000216. The zero-order valence-corrected chi connectivity index (χ0v) is 32.5. The Hall–Kier alpha value is -5.86. The average Bonchev–Trinajstić information content (AvgIpc) is 3.70. The van der Waals surface area contributed by atoms with Crippen LogP contribution in [0.2, 0.25) is 0 Å². The van der Waals surface area contributed by atoms with Crippen molar-refractivity contribution in [2.24, 2.45) is 0 Å². The molecule has 0 aliphatic rings. The second-order valence-electron chi connectivity index (χ2n) is 14.2. The van der Waals surface area contributed by atoms with Gasteiger partial charge in [0.05, 0.1) is 22.2 Å². The Morgan fingerprint density at radius 1 is 0.679 bits per heavy atom. The predicted octanol–water partition coefficient (Wildman–Crippen LogP) is 11.9. The van der Waals surface area contributed by atoms with E-state index in [2.05, 4.69) is 116 Å². The maximum Gasteiger partial charge on any atom is 0.146 e. The van der Waals surface area contributed by atoms with Gasteiger partial charge in [-0.2, -0.15) is 5.26 Å². The maximum atomic E-state index is 10.2. The van der Waals surface area contributed by atoms with Crippen LogP contribution >= 0.6 is 0 Å². The van der Waals surface area contributed by atoms with Crippen LogP contribution in [-0.2, 0) is 25.5 Å². The van der Waals surface area contributed by atoms with Gasteiger partial charge >= 0.3 is 0 Å². The van der Waals surface area contributed by atoms with Gasteiger partial charge in [0.25, 0.3) is 0 Å². The molecule has 0 N–H and O–H groups in total. The van der Waals surface area contributed by atoms with Crippen LogP contribution in [0.15, 0.2) is 132 Å². The van der Waals surface area contributed by atoms with Crippen molar-refractivity contribution in [2.45, 2.75) is 40.0 Å². The summed E-state index contributed by atoms with van der Waals surface area (Å²) in [4.78, 5) is 9.01. The number of benzene rings is 5. The third-order valence-electron chi connectivity index (χ3n) is 9.53. The summed E-state index contributed by atoms with van der Waals surface area (Å²) in [7, 11) is 0. The number of furan rings is 1. The molecule has 0 amide bonds. The third kappa shape index (κ3) is 6.55. The van der Waals surface area contributed by atoms with Crippen LogP contribution in [0.3, 0.4) is 0 Å². The van der Waals surface area contributed by atoms with Gasteiger partial charge in [-0.1, -0.05) is 85.3 Å². The van der Waals surface area contributed by atoms with Crippen molar-refractivity contribution in [3.63, 3.8) is 0 Å². The quantitative estimate of drug-likeness (QED) is 0.166. The molecule has 0 saturated carbocycles. The van der Waals surface area contributed by atoms with E-state index in [4.69, 9.17) is 4.42 Å². The molecular weight excluding hydrogens is 829 g/mol.